The number of aromatic nitrogens is 2. The molecule has 3 heterocycles. The van der Waals surface area contributed by atoms with Gasteiger partial charge in [-0.15, -0.1) is 0 Å². The summed E-state index contributed by atoms with van der Waals surface area (Å²) < 4.78 is 29.9. The van der Waals surface area contributed by atoms with Crippen molar-refractivity contribution in [3.63, 3.8) is 0 Å². The first-order valence-corrected chi connectivity index (χ1v) is 8.88. The van der Waals surface area contributed by atoms with E-state index in [1.807, 2.05) is 6.92 Å². The molecule has 1 aromatic carbocycles. The number of hydrogen-bond donors (Lipinski definition) is 3. The quantitative estimate of drug-likeness (QED) is 0.608. The van der Waals surface area contributed by atoms with Crippen molar-refractivity contribution >= 4 is 16.8 Å². The number of pyridine rings is 2. The van der Waals surface area contributed by atoms with Gasteiger partial charge in [0.05, 0.1) is 23.1 Å². The minimum absolute atomic E-state index is 0.00370. The molecule has 152 valence electrons. The van der Waals surface area contributed by atoms with Gasteiger partial charge in [0.1, 0.15) is 5.69 Å². The smallest absolute Gasteiger partial charge is 0.268 e. The van der Waals surface area contributed by atoms with E-state index in [-0.39, 0.29) is 28.7 Å². The number of carbonyl (C=O) groups excluding carboxylic acids is 1. The monoisotopic (exact) mass is 403 g/mol. The van der Waals surface area contributed by atoms with Crippen molar-refractivity contribution in [3.05, 3.63) is 69.8 Å². The zero-order chi connectivity index (χ0) is 21.1. The molecule has 1 aliphatic rings. The molecule has 0 radical (unpaired) electrons. The Labute approximate surface area is 164 Å². The number of rotatable bonds is 2. The second-order valence-electron chi connectivity index (χ2n) is 6.62. The molecule has 0 saturated carbocycles. The maximum atomic E-state index is 12.2. The first kappa shape index (κ1) is 20.4. The number of phenolic OH excluding ortho intramolecular Hbond substituents is 1. The number of aromatic amines is 1. The fourth-order valence-electron chi connectivity index (χ4n) is 3.10. The van der Waals surface area contributed by atoms with Gasteiger partial charge in [-0.3, -0.25) is 14.6 Å². The molecule has 0 aliphatic carbocycles. The third-order valence-electron chi connectivity index (χ3n) is 4.51. The normalized spacial score (nSPS) is 18.3. The van der Waals surface area contributed by atoms with E-state index in [4.69, 9.17) is 15.6 Å². The highest BCUT2D eigenvalue weighted by Gasteiger charge is 2.25. The maximum absolute atomic E-state index is 12.2. The highest BCUT2D eigenvalue weighted by atomic mass is 19.2. The molecule has 2 aromatic heterocycles. The van der Waals surface area contributed by atoms with Crippen molar-refractivity contribution in [2.24, 2.45) is 5.73 Å². The summed E-state index contributed by atoms with van der Waals surface area (Å²) in [4.78, 5) is 30.6. The summed E-state index contributed by atoms with van der Waals surface area (Å²) in [5.74, 6) is -3.60. The minimum atomic E-state index is -1.20. The Morgan fingerprint density at radius 2 is 2.07 bits per heavy atom. The molecule has 2 unspecified atom stereocenters. The largest absolute Gasteiger partial charge is 0.505 e. The number of carbonyl (C=O) groups is 1. The number of nitrogens with one attached hydrogen (secondary N) is 1. The molecule has 2 atom stereocenters. The Balaban J connectivity index is 0.000000224. The summed E-state index contributed by atoms with van der Waals surface area (Å²) in [5.41, 5.74) is 6.26. The van der Waals surface area contributed by atoms with Gasteiger partial charge >= 0.3 is 0 Å². The van der Waals surface area contributed by atoms with E-state index >= 15 is 0 Å². The number of aromatic hydroxyl groups is 1. The lowest BCUT2D eigenvalue weighted by molar-refractivity contribution is 0.0532. The molecule has 0 bridgehead atoms. The van der Waals surface area contributed by atoms with Gasteiger partial charge in [-0.1, -0.05) is 6.07 Å². The van der Waals surface area contributed by atoms with Gasteiger partial charge < -0.3 is 20.6 Å². The number of phenols is 1. The van der Waals surface area contributed by atoms with Crippen LogP contribution >= 0.6 is 0 Å². The van der Waals surface area contributed by atoms with E-state index in [0.717, 1.165) is 30.7 Å². The number of nitrogens with zero attached hydrogens (tertiary/aromatic N) is 1. The summed E-state index contributed by atoms with van der Waals surface area (Å²) in [6, 6.07) is 6.38. The summed E-state index contributed by atoms with van der Waals surface area (Å²) in [6.07, 6.45) is 3.38. The van der Waals surface area contributed by atoms with Gasteiger partial charge in [0.2, 0.25) is 0 Å². The Morgan fingerprint density at radius 3 is 2.66 bits per heavy atom. The predicted octanol–water partition coefficient (Wildman–Crippen LogP) is 2.93. The molecule has 1 fully saturated rings. The van der Waals surface area contributed by atoms with Gasteiger partial charge in [0.25, 0.3) is 5.91 Å². The fraction of sp³-hybridized carbons (Fsp3) is 0.250. The number of hydrogen-bond acceptors (Lipinski definition) is 5. The summed E-state index contributed by atoms with van der Waals surface area (Å²) in [6.45, 7) is 2.01. The number of primary amides is 1. The Bertz CT molecular complexity index is 1100. The number of fused-ring (bicyclic) bond motifs is 1. The molecule has 1 saturated heterocycles. The lowest BCUT2D eigenvalue weighted by Gasteiger charge is -2.12. The van der Waals surface area contributed by atoms with E-state index in [1.54, 1.807) is 6.07 Å². The van der Waals surface area contributed by atoms with Crippen LogP contribution in [-0.2, 0) is 4.74 Å². The number of ether oxygens (including phenoxy) is 1. The molecule has 9 heteroatoms. The van der Waals surface area contributed by atoms with Crippen molar-refractivity contribution in [2.75, 3.05) is 0 Å². The van der Waals surface area contributed by atoms with Gasteiger partial charge in [-0.2, -0.15) is 4.39 Å². The van der Waals surface area contributed by atoms with Crippen LogP contribution in [0.3, 0.4) is 0 Å². The summed E-state index contributed by atoms with van der Waals surface area (Å²) in [7, 11) is 0. The van der Waals surface area contributed by atoms with Crippen LogP contribution in [0, 0.1) is 11.6 Å². The third-order valence-corrected chi connectivity index (χ3v) is 4.51. The average molecular weight is 403 g/mol. The van der Waals surface area contributed by atoms with Crippen LogP contribution < -0.4 is 11.2 Å². The van der Waals surface area contributed by atoms with E-state index in [2.05, 4.69) is 9.97 Å². The second-order valence-corrected chi connectivity index (χ2v) is 6.62. The molecule has 0 spiro atoms. The van der Waals surface area contributed by atoms with Crippen molar-refractivity contribution in [1.29, 1.82) is 0 Å². The van der Waals surface area contributed by atoms with Crippen molar-refractivity contribution in [3.8, 4) is 5.75 Å². The topological polar surface area (TPSA) is 118 Å². The number of benzene rings is 1. The SMILES string of the molecule is CC1CCC(c2cc(=O)c3c(C(N)=O)nccc3[nH]2)O1.Oc1cccc(F)c1F. The Hall–Kier alpha value is -3.33. The third kappa shape index (κ3) is 4.40. The molecule has 1 aliphatic heterocycles. The minimum Gasteiger partial charge on any atom is -0.505 e. The van der Waals surface area contributed by atoms with Crippen LogP contribution in [0.5, 0.6) is 5.75 Å². The van der Waals surface area contributed by atoms with Crippen molar-refractivity contribution in [1.82, 2.24) is 9.97 Å². The molecular weight excluding hydrogens is 384 g/mol. The van der Waals surface area contributed by atoms with Crippen LogP contribution in [0.4, 0.5) is 8.78 Å². The standard InChI is InChI=1S/C14H15N3O3.C6H4F2O/c1-7-2-3-11(20-7)9-6-10(18)12-8(17-9)4-5-16-13(12)14(15)19;7-4-2-1-3-5(9)6(4)8/h4-7,11H,2-3H2,1H3,(H2,15,19)(H,17,18);1-3,9H. The van der Waals surface area contributed by atoms with Crippen LogP contribution in [0.1, 0.15) is 42.1 Å². The molecular formula is C20H19F2N3O4. The highest BCUT2D eigenvalue weighted by Crippen LogP contribution is 2.31. The average Bonchev–Trinajstić information content (AvgIpc) is 3.12. The Kier molecular flexibility index (Phi) is 5.88. The number of halogens is 2. The van der Waals surface area contributed by atoms with Gasteiger partial charge in [-0.05, 0) is 38.0 Å². The first-order valence-electron chi connectivity index (χ1n) is 8.88. The van der Waals surface area contributed by atoms with Crippen molar-refractivity contribution in [2.45, 2.75) is 32.0 Å². The summed E-state index contributed by atoms with van der Waals surface area (Å²) >= 11 is 0. The lowest BCUT2D eigenvalue weighted by Crippen LogP contribution is -2.18. The zero-order valence-corrected chi connectivity index (χ0v) is 15.5. The molecule has 7 nitrogen and oxygen atoms in total. The van der Waals surface area contributed by atoms with Crippen LogP contribution in [0.15, 0.2) is 41.3 Å². The molecule has 3 aromatic rings. The molecule has 29 heavy (non-hydrogen) atoms. The van der Waals surface area contributed by atoms with E-state index < -0.39 is 23.3 Å². The first-order chi connectivity index (χ1) is 13.8. The molecule has 1 amide bonds. The van der Waals surface area contributed by atoms with Crippen LogP contribution in [-0.4, -0.2) is 27.1 Å². The van der Waals surface area contributed by atoms with E-state index in [9.17, 15) is 18.4 Å². The van der Waals surface area contributed by atoms with Crippen LogP contribution in [0.2, 0.25) is 0 Å². The van der Waals surface area contributed by atoms with Gasteiger partial charge in [0.15, 0.2) is 22.8 Å². The number of nitrogens with two attached hydrogens (primary N) is 1. The van der Waals surface area contributed by atoms with Crippen molar-refractivity contribution < 1.29 is 23.4 Å². The van der Waals surface area contributed by atoms with Crippen LogP contribution in [0.25, 0.3) is 10.9 Å². The lowest BCUT2D eigenvalue weighted by atomic mass is 10.1. The van der Waals surface area contributed by atoms with Gasteiger partial charge in [0, 0.05) is 18.0 Å². The molecule has 4 rings (SSSR count). The Morgan fingerprint density at radius 1 is 1.31 bits per heavy atom. The fourth-order valence-corrected chi connectivity index (χ4v) is 3.10. The number of amides is 1. The van der Waals surface area contributed by atoms with Gasteiger partial charge in [-0.25, -0.2) is 4.39 Å². The maximum Gasteiger partial charge on any atom is 0.268 e. The zero-order valence-electron chi connectivity index (χ0n) is 15.5. The second kappa shape index (κ2) is 8.36. The molecule has 4 N–H and O–H groups in total. The predicted molar refractivity (Wildman–Crippen MR) is 101 cm³/mol. The van der Waals surface area contributed by atoms with E-state index in [0.29, 0.717) is 5.52 Å². The summed E-state index contributed by atoms with van der Waals surface area (Å²) in [5, 5.41) is 8.72. The highest BCUT2D eigenvalue weighted by molar-refractivity contribution is 6.03. The number of H-pyrrole nitrogens is 1. The van der Waals surface area contributed by atoms with E-state index in [1.165, 1.54) is 18.3 Å².